The summed E-state index contributed by atoms with van der Waals surface area (Å²) in [7, 11) is 0. The molecule has 0 aliphatic heterocycles. The van der Waals surface area contributed by atoms with Crippen LogP contribution in [0, 0.1) is 18.7 Å². The Bertz CT molecular complexity index is 383. The molecule has 1 saturated carbocycles. The van der Waals surface area contributed by atoms with Gasteiger partial charge in [0, 0.05) is 6.04 Å². The van der Waals surface area contributed by atoms with E-state index in [4.69, 9.17) is 0 Å². The van der Waals surface area contributed by atoms with Crippen molar-refractivity contribution in [3.05, 3.63) is 35.1 Å². The van der Waals surface area contributed by atoms with Gasteiger partial charge in [0.05, 0.1) is 0 Å². The number of halogens is 1. The summed E-state index contributed by atoms with van der Waals surface area (Å²) in [5, 5.41) is 3.65. The van der Waals surface area contributed by atoms with Crippen molar-refractivity contribution in [1.29, 1.82) is 0 Å². The summed E-state index contributed by atoms with van der Waals surface area (Å²) in [5.41, 5.74) is 2.02. The summed E-state index contributed by atoms with van der Waals surface area (Å²) < 4.78 is 13.4. The standard InChI is InChI=1S/C16H24FN/c1-3-10-18-16(13-6-4-5-7-13)14-8-9-15(17)12(2)11-14/h8-9,11,13,16,18H,3-7,10H2,1-2H3. The van der Waals surface area contributed by atoms with Crippen LogP contribution in [0.25, 0.3) is 0 Å². The first-order chi connectivity index (χ1) is 8.72. The van der Waals surface area contributed by atoms with E-state index in [1.54, 1.807) is 6.07 Å². The van der Waals surface area contributed by atoms with E-state index in [0.29, 0.717) is 6.04 Å². The lowest BCUT2D eigenvalue weighted by atomic mass is 9.90. The van der Waals surface area contributed by atoms with Crippen LogP contribution in [-0.2, 0) is 0 Å². The van der Waals surface area contributed by atoms with Crippen molar-refractivity contribution >= 4 is 0 Å². The summed E-state index contributed by atoms with van der Waals surface area (Å²) in [4.78, 5) is 0. The normalized spacial score (nSPS) is 18.2. The zero-order valence-corrected chi connectivity index (χ0v) is 11.5. The number of rotatable bonds is 5. The van der Waals surface area contributed by atoms with Crippen LogP contribution in [-0.4, -0.2) is 6.54 Å². The van der Waals surface area contributed by atoms with E-state index in [-0.39, 0.29) is 5.82 Å². The van der Waals surface area contributed by atoms with Gasteiger partial charge in [-0.05, 0) is 55.8 Å². The predicted molar refractivity (Wildman–Crippen MR) is 74.1 cm³/mol. The van der Waals surface area contributed by atoms with Crippen molar-refractivity contribution in [3.8, 4) is 0 Å². The van der Waals surface area contributed by atoms with Gasteiger partial charge in [-0.15, -0.1) is 0 Å². The molecule has 1 atom stereocenters. The minimum Gasteiger partial charge on any atom is -0.310 e. The Morgan fingerprint density at radius 2 is 2.06 bits per heavy atom. The highest BCUT2D eigenvalue weighted by molar-refractivity contribution is 5.27. The van der Waals surface area contributed by atoms with Crippen LogP contribution in [0.4, 0.5) is 4.39 Å². The molecule has 100 valence electrons. The van der Waals surface area contributed by atoms with E-state index in [1.807, 2.05) is 19.1 Å². The van der Waals surface area contributed by atoms with Crippen LogP contribution < -0.4 is 5.32 Å². The predicted octanol–water partition coefficient (Wildman–Crippen LogP) is 4.37. The molecule has 1 N–H and O–H groups in total. The van der Waals surface area contributed by atoms with Crippen LogP contribution in [0.15, 0.2) is 18.2 Å². The molecule has 0 radical (unpaired) electrons. The van der Waals surface area contributed by atoms with E-state index in [9.17, 15) is 4.39 Å². The lowest BCUT2D eigenvalue weighted by Crippen LogP contribution is -2.28. The van der Waals surface area contributed by atoms with Gasteiger partial charge in [0.2, 0.25) is 0 Å². The maximum atomic E-state index is 13.4. The van der Waals surface area contributed by atoms with Gasteiger partial charge >= 0.3 is 0 Å². The fraction of sp³-hybridized carbons (Fsp3) is 0.625. The minimum absolute atomic E-state index is 0.0978. The maximum absolute atomic E-state index is 13.4. The van der Waals surface area contributed by atoms with Gasteiger partial charge in [-0.2, -0.15) is 0 Å². The number of aryl methyl sites for hydroxylation is 1. The Morgan fingerprint density at radius 3 is 2.67 bits per heavy atom. The molecule has 1 aromatic carbocycles. The first-order valence-corrected chi connectivity index (χ1v) is 7.21. The van der Waals surface area contributed by atoms with Crippen LogP contribution in [0.2, 0.25) is 0 Å². The van der Waals surface area contributed by atoms with Crippen molar-refractivity contribution in [2.24, 2.45) is 5.92 Å². The summed E-state index contributed by atoms with van der Waals surface area (Å²) in [6.07, 6.45) is 6.43. The highest BCUT2D eigenvalue weighted by atomic mass is 19.1. The molecule has 0 amide bonds. The van der Waals surface area contributed by atoms with Crippen molar-refractivity contribution in [1.82, 2.24) is 5.32 Å². The number of hydrogen-bond donors (Lipinski definition) is 1. The molecule has 1 unspecified atom stereocenters. The molecule has 0 aromatic heterocycles. The lowest BCUT2D eigenvalue weighted by molar-refractivity contribution is 0.368. The smallest absolute Gasteiger partial charge is 0.126 e. The number of benzene rings is 1. The Balaban J connectivity index is 2.17. The Morgan fingerprint density at radius 1 is 1.33 bits per heavy atom. The molecule has 1 fully saturated rings. The highest BCUT2D eigenvalue weighted by Gasteiger charge is 2.25. The minimum atomic E-state index is -0.0978. The average molecular weight is 249 g/mol. The molecule has 18 heavy (non-hydrogen) atoms. The monoisotopic (exact) mass is 249 g/mol. The van der Waals surface area contributed by atoms with Gasteiger partial charge in [0.25, 0.3) is 0 Å². The van der Waals surface area contributed by atoms with Crippen molar-refractivity contribution in [2.45, 2.75) is 52.0 Å². The van der Waals surface area contributed by atoms with E-state index in [2.05, 4.69) is 12.2 Å². The summed E-state index contributed by atoms with van der Waals surface area (Å²) in [6, 6.07) is 5.99. The van der Waals surface area contributed by atoms with Gasteiger partial charge in [-0.3, -0.25) is 0 Å². The molecule has 0 saturated heterocycles. The fourth-order valence-electron chi connectivity index (χ4n) is 3.01. The van der Waals surface area contributed by atoms with Gasteiger partial charge < -0.3 is 5.32 Å². The fourth-order valence-corrected chi connectivity index (χ4v) is 3.01. The van der Waals surface area contributed by atoms with Crippen molar-refractivity contribution in [2.75, 3.05) is 6.54 Å². The quantitative estimate of drug-likeness (QED) is 0.817. The third-order valence-electron chi connectivity index (χ3n) is 4.03. The van der Waals surface area contributed by atoms with E-state index < -0.39 is 0 Å². The summed E-state index contributed by atoms with van der Waals surface area (Å²) in [6.45, 7) is 5.08. The summed E-state index contributed by atoms with van der Waals surface area (Å²) in [5.74, 6) is 0.626. The van der Waals surface area contributed by atoms with Gasteiger partial charge in [0.15, 0.2) is 0 Å². The van der Waals surface area contributed by atoms with Crippen LogP contribution >= 0.6 is 0 Å². The third-order valence-corrected chi connectivity index (χ3v) is 4.03. The molecule has 1 aliphatic rings. The second kappa shape index (κ2) is 6.33. The highest BCUT2D eigenvalue weighted by Crippen LogP contribution is 2.36. The van der Waals surface area contributed by atoms with Gasteiger partial charge in [-0.25, -0.2) is 4.39 Å². The number of nitrogens with one attached hydrogen (secondary N) is 1. The van der Waals surface area contributed by atoms with Crippen molar-refractivity contribution in [3.63, 3.8) is 0 Å². The molecular weight excluding hydrogens is 225 g/mol. The van der Waals surface area contributed by atoms with E-state index in [1.165, 1.54) is 31.2 Å². The zero-order chi connectivity index (χ0) is 13.0. The second-order valence-corrected chi connectivity index (χ2v) is 5.48. The number of hydrogen-bond acceptors (Lipinski definition) is 1. The Hall–Kier alpha value is -0.890. The van der Waals surface area contributed by atoms with Crippen LogP contribution in [0.5, 0.6) is 0 Å². The Kier molecular flexibility index (Phi) is 4.76. The first kappa shape index (κ1) is 13.5. The van der Waals surface area contributed by atoms with E-state index in [0.717, 1.165) is 24.4 Å². The molecule has 0 spiro atoms. The SMILES string of the molecule is CCCNC(c1ccc(F)c(C)c1)C1CCCC1. The second-order valence-electron chi connectivity index (χ2n) is 5.48. The van der Waals surface area contributed by atoms with Crippen LogP contribution in [0.1, 0.15) is 56.2 Å². The molecule has 1 aromatic rings. The van der Waals surface area contributed by atoms with Gasteiger partial charge in [-0.1, -0.05) is 31.9 Å². The Labute approximate surface area is 110 Å². The van der Waals surface area contributed by atoms with E-state index >= 15 is 0 Å². The molecule has 1 aliphatic carbocycles. The average Bonchev–Trinajstić information content (AvgIpc) is 2.88. The largest absolute Gasteiger partial charge is 0.310 e. The topological polar surface area (TPSA) is 12.0 Å². The first-order valence-electron chi connectivity index (χ1n) is 7.21. The molecule has 0 heterocycles. The van der Waals surface area contributed by atoms with Gasteiger partial charge in [0.1, 0.15) is 5.82 Å². The molecule has 0 bridgehead atoms. The zero-order valence-electron chi connectivity index (χ0n) is 11.5. The molecular formula is C16H24FN. The molecule has 2 heteroatoms. The molecule has 2 rings (SSSR count). The molecule has 1 nitrogen and oxygen atoms in total. The lowest BCUT2D eigenvalue weighted by Gasteiger charge is -2.25. The van der Waals surface area contributed by atoms with Crippen LogP contribution in [0.3, 0.4) is 0 Å². The van der Waals surface area contributed by atoms with Crippen molar-refractivity contribution < 1.29 is 4.39 Å². The summed E-state index contributed by atoms with van der Waals surface area (Å²) >= 11 is 0. The third kappa shape index (κ3) is 3.11. The maximum Gasteiger partial charge on any atom is 0.126 e.